The van der Waals surface area contributed by atoms with Gasteiger partial charge in [-0.1, -0.05) is 45.0 Å². The molecule has 1 aromatic rings. The molecule has 1 atom stereocenters. The van der Waals surface area contributed by atoms with Crippen LogP contribution in [0.5, 0.6) is 0 Å². The van der Waals surface area contributed by atoms with Gasteiger partial charge in [0.15, 0.2) is 5.79 Å². The van der Waals surface area contributed by atoms with Crippen molar-refractivity contribution < 1.29 is 9.47 Å². The average Bonchev–Trinajstić information content (AvgIpc) is 2.40. The van der Waals surface area contributed by atoms with Gasteiger partial charge in [0.25, 0.3) is 0 Å². The summed E-state index contributed by atoms with van der Waals surface area (Å²) < 4.78 is 11.4. The summed E-state index contributed by atoms with van der Waals surface area (Å²) in [6.45, 7) is 14.2. The lowest BCUT2D eigenvalue weighted by Gasteiger charge is -2.36. The predicted molar refractivity (Wildman–Crippen MR) is 86.5 cm³/mol. The van der Waals surface area contributed by atoms with E-state index in [2.05, 4.69) is 57.3 Å². The van der Waals surface area contributed by atoms with Crippen molar-refractivity contribution in [2.45, 2.75) is 64.8 Å². The Morgan fingerprint density at radius 1 is 1.10 bits per heavy atom. The molecular weight excluding hydrogens is 262 g/mol. The molecule has 1 heterocycles. The highest BCUT2D eigenvalue weighted by molar-refractivity contribution is 5.29. The summed E-state index contributed by atoms with van der Waals surface area (Å²) >= 11 is 0. The van der Waals surface area contributed by atoms with Crippen molar-refractivity contribution in [1.82, 2.24) is 5.32 Å². The smallest absolute Gasteiger partial charge is 0.162 e. The van der Waals surface area contributed by atoms with Gasteiger partial charge in [0.05, 0.1) is 19.3 Å². The SMILES string of the molecule is CC(NC1COC(C)(C)OC1)c1ccc(C(C)(C)C)cc1. The van der Waals surface area contributed by atoms with Crippen LogP contribution in [0, 0.1) is 0 Å². The third kappa shape index (κ3) is 4.53. The van der Waals surface area contributed by atoms with E-state index in [4.69, 9.17) is 9.47 Å². The molecule has 1 aliphatic rings. The molecule has 118 valence electrons. The first kappa shape index (κ1) is 16.5. The average molecular weight is 291 g/mol. The summed E-state index contributed by atoms with van der Waals surface area (Å²) in [6, 6.07) is 9.42. The summed E-state index contributed by atoms with van der Waals surface area (Å²) in [7, 11) is 0. The van der Waals surface area contributed by atoms with Gasteiger partial charge in [0, 0.05) is 6.04 Å². The zero-order valence-corrected chi connectivity index (χ0v) is 14.2. The van der Waals surface area contributed by atoms with E-state index in [1.807, 2.05) is 13.8 Å². The van der Waals surface area contributed by atoms with Crippen LogP contribution in [0.2, 0.25) is 0 Å². The second kappa shape index (κ2) is 6.07. The highest BCUT2D eigenvalue weighted by Gasteiger charge is 2.28. The highest BCUT2D eigenvalue weighted by atomic mass is 16.7. The minimum atomic E-state index is -0.449. The van der Waals surface area contributed by atoms with Crippen LogP contribution >= 0.6 is 0 Å². The molecule has 0 radical (unpaired) electrons. The lowest BCUT2D eigenvalue weighted by Crippen LogP contribution is -2.49. The van der Waals surface area contributed by atoms with Gasteiger partial charge < -0.3 is 14.8 Å². The first-order valence-corrected chi connectivity index (χ1v) is 7.82. The second-order valence-electron chi connectivity index (χ2n) is 7.48. The van der Waals surface area contributed by atoms with Crippen LogP contribution in [0.3, 0.4) is 0 Å². The Labute approximate surface area is 129 Å². The van der Waals surface area contributed by atoms with E-state index in [9.17, 15) is 0 Å². The quantitative estimate of drug-likeness (QED) is 0.919. The molecule has 0 amide bonds. The Morgan fingerprint density at radius 2 is 1.62 bits per heavy atom. The fraction of sp³-hybridized carbons (Fsp3) is 0.667. The van der Waals surface area contributed by atoms with Gasteiger partial charge in [-0.3, -0.25) is 0 Å². The molecule has 1 aliphatic heterocycles. The van der Waals surface area contributed by atoms with Crippen molar-refractivity contribution in [2.75, 3.05) is 13.2 Å². The number of hydrogen-bond donors (Lipinski definition) is 1. The molecule has 1 aromatic carbocycles. The number of nitrogens with one attached hydrogen (secondary N) is 1. The van der Waals surface area contributed by atoms with Gasteiger partial charge in [-0.25, -0.2) is 0 Å². The summed E-state index contributed by atoms with van der Waals surface area (Å²) in [4.78, 5) is 0. The highest BCUT2D eigenvalue weighted by Crippen LogP contribution is 2.24. The van der Waals surface area contributed by atoms with Crippen LogP contribution in [-0.2, 0) is 14.9 Å². The van der Waals surface area contributed by atoms with Crippen LogP contribution in [0.4, 0.5) is 0 Å². The van der Waals surface area contributed by atoms with Gasteiger partial charge in [0.2, 0.25) is 0 Å². The minimum Gasteiger partial charge on any atom is -0.349 e. The lowest BCUT2D eigenvalue weighted by molar-refractivity contribution is -0.253. The van der Waals surface area contributed by atoms with Gasteiger partial charge in [-0.15, -0.1) is 0 Å². The molecule has 2 rings (SSSR count). The lowest BCUT2D eigenvalue weighted by atomic mass is 9.86. The maximum atomic E-state index is 5.69. The van der Waals surface area contributed by atoms with E-state index < -0.39 is 5.79 Å². The van der Waals surface area contributed by atoms with E-state index in [1.165, 1.54) is 11.1 Å². The third-order valence-corrected chi connectivity index (χ3v) is 4.03. The molecule has 3 nitrogen and oxygen atoms in total. The van der Waals surface area contributed by atoms with Gasteiger partial charge in [0.1, 0.15) is 0 Å². The molecule has 0 aliphatic carbocycles. The number of hydrogen-bond acceptors (Lipinski definition) is 3. The molecule has 3 heteroatoms. The van der Waals surface area contributed by atoms with Crippen LogP contribution in [-0.4, -0.2) is 25.0 Å². The summed E-state index contributed by atoms with van der Waals surface area (Å²) in [5.41, 5.74) is 2.86. The summed E-state index contributed by atoms with van der Waals surface area (Å²) in [5.74, 6) is -0.449. The van der Waals surface area contributed by atoms with Crippen molar-refractivity contribution in [2.24, 2.45) is 0 Å². The van der Waals surface area contributed by atoms with Crippen LogP contribution in [0.1, 0.15) is 58.7 Å². The molecule has 1 saturated heterocycles. The van der Waals surface area contributed by atoms with Crippen molar-refractivity contribution in [1.29, 1.82) is 0 Å². The minimum absolute atomic E-state index is 0.200. The monoisotopic (exact) mass is 291 g/mol. The van der Waals surface area contributed by atoms with E-state index in [1.54, 1.807) is 0 Å². The Balaban J connectivity index is 1.93. The summed E-state index contributed by atoms with van der Waals surface area (Å²) in [5, 5.41) is 3.58. The fourth-order valence-electron chi connectivity index (χ4n) is 2.51. The van der Waals surface area contributed by atoms with E-state index in [0.29, 0.717) is 13.2 Å². The topological polar surface area (TPSA) is 30.5 Å². The Bertz CT molecular complexity index is 449. The first-order chi connectivity index (χ1) is 9.67. The molecule has 1 fully saturated rings. The van der Waals surface area contributed by atoms with Crippen LogP contribution in [0.15, 0.2) is 24.3 Å². The van der Waals surface area contributed by atoms with Crippen molar-refractivity contribution >= 4 is 0 Å². The van der Waals surface area contributed by atoms with Gasteiger partial charge in [-0.2, -0.15) is 0 Å². The van der Waals surface area contributed by atoms with Crippen molar-refractivity contribution in [3.8, 4) is 0 Å². The predicted octanol–water partition coefficient (Wildman–Crippen LogP) is 3.79. The van der Waals surface area contributed by atoms with E-state index in [-0.39, 0.29) is 17.5 Å². The Hall–Kier alpha value is -0.900. The largest absolute Gasteiger partial charge is 0.349 e. The van der Waals surface area contributed by atoms with Gasteiger partial charge in [-0.05, 0) is 37.3 Å². The molecule has 0 spiro atoms. The maximum Gasteiger partial charge on any atom is 0.162 e. The van der Waals surface area contributed by atoms with E-state index >= 15 is 0 Å². The fourth-order valence-corrected chi connectivity index (χ4v) is 2.51. The van der Waals surface area contributed by atoms with Crippen LogP contribution < -0.4 is 5.32 Å². The molecular formula is C18H29NO2. The molecule has 21 heavy (non-hydrogen) atoms. The van der Waals surface area contributed by atoms with Crippen molar-refractivity contribution in [3.05, 3.63) is 35.4 Å². The normalized spacial score (nSPS) is 21.2. The Kier molecular flexibility index (Phi) is 4.76. The molecule has 0 saturated carbocycles. The number of rotatable bonds is 3. The van der Waals surface area contributed by atoms with Gasteiger partial charge >= 0.3 is 0 Å². The standard InChI is InChI=1S/C18H29NO2/c1-13(19-16-11-20-18(5,6)21-12-16)14-7-9-15(10-8-14)17(2,3)4/h7-10,13,16,19H,11-12H2,1-6H3. The van der Waals surface area contributed by atoms with E-state index in [0.717, 1.165) is 0 Å². The third-order valence-electron chi connectivity index (χ3n) is 4.03. The Morgan fingerprint density at radius 3 is 2.10 bits per heavy atom. The number of ether oxygens (including phenoxy) is 2. The summed E-state index contributed by atoms with van der Waals surface area (Å²) in [6.07, 6.45) is 0. The zero-order chi connectivity index (χ0) is 15.7. The van der Waals surface area contributed by atoms with Crippen LogP contribution in [0.25, 0.3) is 0 Å². The molecule has 0 aromatic heterocycles. The second-order valence-corrected chi connectivity index (χ2v) is 7.48. The zero-order valence-electron chi connectivity index (χ0n) is 14.2. The number of benzene rings is 1. The van der Waals surface area contributed by atoms with Crippen molar-refractivity contribution in [3.63, 3.8) is 0 Å². The molecule has 0 bridgehead atoms. The molecule has 1 N–H and O–H groups in total. The first-order valence-electron chi connectivity index (χ1n) is 7.82. The maximum absolute atomic E-state index is 5.69. The molecule has 1 unspecified atom stereocenters.